The van der Waals surface area contributed by atoms with Crippen LogP contribution in [0.15, 0.2) is 48.5 Å². The molecule has 2 aromatic rings. The molecular formula is C19H19N3O6. The molecule has 0 spiro atoms. The van der Waals surface area contributed by atoms with Gasteiger partial charge in [0.05, 0.1) is 23.3 Å². The van der Waals surface area contributed by atoms with Gasteiger partial charge in [0.25, 0.3) is 5.69 Å². The minimum Gasteiger partial charge on any atom is -0.410 e. The number of aryl methyl sites for hydroxylation is 1. The number of para-hydroxylation sites is 1. The summed E-state index contributed by atoms with van der Waals surface area (Å²) in [7, 11) is 0. The first kappa shape index (κ1) is 19.3. The summed E-state index contributed by atoms with van der Waals surface area (Å²) in [4.78, 5) is 36.7. The number of likely N-dealkylation sites (tertiary alicyclic amines) is 1. The third-order valence-electron chi connectivity index (χ3n) is 4.45. The topological polar surface area (TPSA) is 122 Å². The summed E-state index contributed by atoms with van der Waals surface area (Å²) in [5.41, 5.74) is 0.751. The average Bonchev–Trinajstić information content (AvgIpc) is 3.06. The fraction of sp³-hybridized carbons (Fsp3) is 0.263. The van der Waals surface area contributed by atoms with Crippen LogP contribution in [0.1, 0.15) is 12.0 Å². The number of carbonyl (C=O) groups is 2. The molecule has 1 heterocycles. The molecule has 146 valence electrons. The summed E-state index contributed by atoms with van der Waals surface area (Å²) in [6, 6.07) is 11.6. The third-order valence-corrected chi connectivity index (χ3v) is 4.45. The number of amides is 2. The van der Waals surface area contributed by atoms with E-state index in [1.54, 1.807) is 37.3 Å². The van der Waals surface area contributed by atoms with Crippen LogP contribution in [-0.2, 0) is 4.79 Å². The number of rotatable bonds is 4. The number of carbonyl (C=O) groups excluding carboxylic acids is 2. The number of aliphatic hydroxyl groups is 1. The number of ether oxygens (including phenoxy) is 1. The fourth-order valence-electron chi connectivity index (χ4n) is 2.99. The van der Waals surface area contributed by atoms with Gasteiger partial charge in [-0.25, -0.2) is 4.79 Å². The molecule has 0 aromatic heterocycles. The molecule has 1 aliphatic heterocycles. The number of hydrogen-bond acceptors (Lipinski definition) is 6. The van der Waals surface area contributed by atoms with E-state index >= 15 is 0 Å². The van der Waals surface area contributed by atoms with Crippen molar-refractivity contribution in [3.63, 3.8) is 0 Å². The van der Waals surface area contributed by atoms with Crippen LogP contribution >= 0.6 is 0 Å². The summed E-state index contributed by atoms with van der Waals surface area (Å²) in [6.45, 7) is 1.65. The highest BCUT2D eigenvalue weighted by molar-refractivity contribution is 5.97. The number of nitro benzene ring substituents is 1. The van der Waals surface area contributed by atoms with Crippen molar-refractivity contribution in [3.8, 4) is 5.75 Å². The Kier molecular flexibility index (Phi) is 5.55. The second-order valence-corrected chi connectivity index (χ2v) is 6.48. The van der Waals surface area contributed by atoms with Crippen LogP contribution in [0.25, 0.3) is 0 Å². The van der Waals surface area contributed by atoms with E-state index in [9.17, 15) is 24.8 Å². The molecule has 2 aromatic carbocycles. The van der Waals surface area contributed by atoms with E-state index in [0.29, 0.717) is 11.3 Å². The molecule has 1 aliphatic rings. The van der Waals surface area contributed by atoms with Crippen molar-refractivity contribution >= 4 is 23.4 Å². The van der Waals surface area contributed by atoms with E-state index in [2.05, 4.69) is 5.32 Å². The van der Waals surface area contributed by atoms with Gasteiger partial charge in [-0.3, -0.25) is 19.8 Å². The van der Waals surface area contributed by atoms with Crippen molar-refractivity contribution in [1.29, 1.82) is 0 Å². The van der Waals surface area contributed by atoms with Gasteiger partial charge in [-0.15, -0.1) is 0 Å². The lowest BCUT2D eigenvalue weighted by atomic mass is 10.1. The molecule has 1 fully saturated rings. The Bertz CT molecular complexity index is 902. The van der Waals surface area contributed by atoms with Crippen LogP contribution in [0.5, 0.6) is 5.75 Å². The van der Waals surface area contributed by atoms with Crippen LogP contribution in [0.4, 0.5) is 16.2 Å². The van der Waals surface area contributed by atoms with Gasteiger partial charge in [0.15, 0.2) is 0 Å². The van der Waals surface area contributed by atoms with E-state index in [1.807, 2.05) is 0 Å². The van der Waals surface area contributed by atoms with Gasteiger partial charge in [0.1, 0.15) is 11.8 Å². The number of aliphatic hydroxyl groups excluding tert-OH is 1. The van der Waals surface area contributed by atoms with Crippen molar-refractivity contribution < 1.29 is 24.4 Å². The summed E-state index contributed by atoms with van der Waals surface area (Å²) < 4.78 is 5.26. The van der Waals surface area contributed by atoms with Crippen LogP contribution in [0.2, 0.25) is 0 Å². The van der Waals surface area contributed by atoms with Gasteiger partial charge in [-0.2, -0.15) is 0 Å². The number of β-amino-alcohol motifs (C(OH)–C–C–N with tert-alkyl or cyclic N) is 1. The Morgan fingerprint density at radius 1 is 1.25 bits per heavy atom. The summed E-state index contributed by atoms with van der Waals surface area (Å²) >= 11 is 0. The molecule has 2 atom stereocenters. The second kappa shape index (κ2) is 8.05. The van der Waals surface area contributed by atoms with Crippen molar-refractivity contribution in [2.24, 2.45) is 0 Å². The molecule has 1 saturated heterocycles. The number of anilines is 1. The first-order valence-electron chi connectivity index (χ1n) is 8.62. The smallest absolute Gasteiger partial charge is 0.410 e. The van der Waals surface area contributed by atoms with Crippen LogP contribution in [-0.4, -0.2) is 45.6 Å². The first-order chi connectivity index (χ1) is 13.3. The van der Waals surface area contributed by atoms with Crippen molar-refractivity contribution in [1.82, 2.24) is 4.90 Å². The predicted octanol–water partition coefficient (Wildman–Crippen LogP) is 2.48. The highest BCUT2D eigenvalue weighted by Gasteiger charge is 2.40. The zero-order valence-electron chi connectivity index (χ0n) is 15.1. The van der Waals surface area contributed by atoms with Crippen molar-refractivity contribution in [3.05, 3.63) is 64.2 Å². The maximum Gasteiger partial charge on any atom is 0.416 e. The van der Waals surface area contributed by atoms with E-state index in [0.717, 1.165) is 4.90 Å². The lowest BCUT2D eigenvalue weighted by molar-refractivity contribution is -0.384. The molecule has 3 rings (SSSR count). The zero-order chi connectivity index (χ0) is 20.3. The summed E-state index contributed by atoms with van der Waals surface area (Å²) in [5.74, 6) is -0.229. The largest absolute Gasteiger partial charge is 0.416 e. The Morgan fingerprint density at radius 3 is 2.64 bits per heavy atom. The normalized spacial score (nSPS) is 18.6. The zero-order valence-corrected chi connectivity index (χ0v) is 15.1. The van der Waals surface area contributed by atoms with Crippen LogP contribution in [0.3, 0.4) is 0 Å². The highest BCUT2D eigenvalue weighted by Crippen LogP contribution is 2.25. The maximum atomic E-state index is 12.7. The molecule has 0 bridgehead atoms. The first-order valence-corrected chi connectivity index (χ1v) is 8.62. The van der Waals surface area contributed by atoms with Gasteiger partial charge in [-0.05, 0) is 24.6 Å². The van der Waals surface area contributed by atoms with Crippen molar-refractivity contribution in [2.45, 2.75) is 25.5 Å². The van der Waals surface area contributed by atoms with Gasteiger partial charge < -0.3 is 15.2 Å². The minimum atomic E-state index is -0.954. The van der Waals surface area contributed by atoms with E-state index in [4.69, 9.17) is 4.74 Å². The molecule has 2 amide bonds. The Labute approximate surface area is 160 Å². The Morgan fingerprint density at radius 2 is 1.96 bits per heavy atom. The quantitative estimate of drug-likeness (QED) is 0.616. The maximum absolute atomic E-state index is 12.7. The number of hydrogen-bond donors (Lipinski definition) is 2. The summed E-state index contributed by atoms with van der Waals surface area (Å²) in [5, 5.41) is 23.5. The molecule has 2 N–H and O–H groups in total. The molecule has 0 radical (unpaired) electrons. The molecule has 0 unspecified atom stereocenters. The number of non-ortho nitro benzene ring substituents is 1. The van der Waals surface area contributed by atoms with E-state index in [1.165, 1.54) is 18.2 Å². The lowest BCUT2D eigenvalue weighted by Crippen LogP contribution is -2.44. The average molecular weight is 385 g/mol. The van der Waals surface area contributed by atoms with Gasteiger partial charge >= 0.3 is 6.09 Å². The number of benzene rings is 2. The predicted molar refractivity (Wildman–Crippen MR) is 100 cm³/mol. The van der Waals surface area contributed by atoms with E-state index < -0.39 is 29.1 Å². The van der Waals surface area contributed by atoms with Crippen molar-refractivity contribution in [2.75, 3.05) is 11.9 Å². The fourth-order valence-corrected chi connectivity index (χ4v) is 2.99. The SMILES string of the molecule is Cc1ccc([N+](=O)[O-])cc1NC(=O)[C@@H]1C[C@@H](O)CN1C(=O)Oc1ccccc1. The van der Waals surface area contributed by atoms with Crippen LogP contribution in [0, 0.1) is 17.0 Å². The molecule has 0 aliphatic carbocycles. The molecule has 28 heavy (non-hydrogen) atoms. The summed E-state index contributed by atoms with van der Waals surface area (Å²) in [6.07, 6.45) is -1.58. The van der Waals surface area contributed by atoms with Crippen LogP contribution < -0.4 is 10.1 Å². The molecule has 0 saturated carbocycles. The van der Waals surface area contributed by atoms with Gasteiger partial charge in [0.2, 0.25) is 5.91 Å². The van der Waals surface area contributed by atoms with E-state index in [-0.39, 0.29) is 24.3 Å². The Hall–Kier alpha value is -3.46. The number of nitro groups is 1. The molecule has 9 nitrogen and oxygen atoms in total. The monoisotopic (exact) mass is 385 g/mol. The second-order valence-electron chi connectivity index (χ2n) is 6.48. The minimum absolute atomic E-state index is 0.0440. The van der Waals surface area contributed by atoms with Gasteiger partial charge in [0, 0.05) is 18.6 Å². The van der Waals surface area contributed by atoms with Gasteiger partial charge in [-0.1, -0.05) is 24.3 Å². The number of nitrogens with one attached hydrogen (secondary N) is 1. The Balaban J connectivity index is 1.75. The standard InChI is InChI=1S/C19H19N3O6/c1-12-7-8-13(22(26)27)9-16(12)20-18(24)17-10-14(23)11-21(17)19(25)28-15-5-3-2-4-6-15/h2-9,14,17,23H,10-11H2,1H3,(H,20,24)/t14-,17+/m1/s1. The highest BCUT2D eigenvalue weighted by atomic mass is 16.6. The molecular weight excluding hydrogens is 366 g/mol. The molecule has 9 heteroatoms. The third kappa shape index (κ3) is 4.26. The lowest BCUT2D eigenvalue weighted by Gasteiger charge is -2.23. The number of nitrogens with zero attached hydrogens (tertiary/aromatic N) is 2.